The quantitative estimate of drug-likeness (QED) is 0.723. The third kappa shape index (κ3) is 5.09. The molecule has 2 aromatic rings. The molecule has 1 aromatic heterocycles. The van der Waals surface area contributed by atoms with Gasteiger partial charge in [0.15, 0.2) is 0 Å². The van der Waals surface area contributed by atoms with Crippen LogP contribution >= 0.6 is 0 Å². The maximum absolute atomic E-state index is 12.2. The van der Waals surface area contributed by atoms with Crippen LogP contribution in [0.5, 0.6) is 5.75 Å². The zero-order chi connectivity index (χ0) is 18.2. The van der Waals surface area contributed by atoms with Gasteiger partial charge in [0.05, 0.1) is 19.0 Å². The Labute approximate surface area is 154 Å². The molecule has 136 valence electrons. The predicted octanol–water partition coefficient (Wildman–Crippen LogP) is 4.45. The van der Waals surface area contributed by atoms with Crippen molar-refractivity contribution in [2.45, 2.75) is 32.1 Å². The Kier molecular flexibility index (Phi) is 6.25. The minimum atomic E-state index is -0.127. The molecule has 0 fully saturated rings. The summed E-state index contributed by atoms with van der Waals surface area (Å²) >= 11 is 0. The third-order valence-electron chi connectivity index (χ3n) is 4.49. The zero-order valence-corrected chi connectivity index (χ0v) is 15.1. The van der Waals surface area contributed by atoms with E-state index in [0.29, 0.717) is 12.2 Å². The fourth-order valence-electron chi connectivity index (χ4n) is 3.00. The molecule has 0 atom stereocenters. The van der Waals surface area contributed by atoms with E-state index >= 15 is 0 Å². The van der Waals surface area contributed by atoms with Crippen LogP contribution in [0.25, 0.3) is 0 Å². The van der Waals surface area contributed by atoms with Gasteiger partial charge in [-0.15, -0.1) is 0 Å². The first-order valence-electron chi connectivity index (χ1n) is 9.08. The van der Waals surface area contributed by atoms with E-state index in [1.54, 1.807) is 19.4 Å². The number of carbonyl (C=O) groups is 1. The second-order valence-corrected chi connectivity index (χ2v) is 6.40. The minimum Gasteiger partial charge on any atom is -0.497 e. The van der Waals surface area contributed by atoms with Crippen molar-refractivity contribution in [2.75, 3.05) is 19.0 Å². The molecule has 0 aliphatic heterocycles. The van der Waals surface area contributed by atoms with E-state index in [1.807, 2.05) is 30.3 Å². The molecule has 3 rings (SSSR count). The van der Waals surface area contributed by atoms with Gasteiger partial charge in [0.2, 0.25) is 0 Å². The average molecular weight is 351 g/mol. The van der Waals surface area contributed by atoms with E-state index in [9.17, 15) is 4.79 Å². The first kappa shape index (κ1) is 18.0. The summed E-state index contributed by atoms with van der Waals surface area (Å²) < 4.78 is 5.14. The topological polar surface area (TPSA) is 63.2 Å². The van der Waals surface area contributed by atoms with Crippen molar-refractivity contribution in [1.82, 2.24) is 10.3 Å². The number of ether oxygens (including phenoxy) is 1. The number of amides is 1. The smallest absolute Gasteiger partial charge is 0.269 e. The first-order chi connectivity index (χ1) is 12.7. The van der Waals surface area contributed by atoms with Crippen molar-refractivity contribution in [1.29, 1.82) is 0 Å². The van der Waals surface area contributed by atoms with Gasteiger partial charge >= 0.3 is 0 Å². The molecule has 1 aromatic carbocycles. The molecule has 1 amide bonds. The predicted molar refractivity (Wildman–Crippen MR) is 104 cm³/mol. The lowest BCUT2D eigenvalue weighted by Gasteiger charge is -2.13. The largest absolute Gasteiger partial charge is 0.497 e. The lowest BCUT2D eigenvalue weighted by atomic mass is 9.97. The summed E-state index contributed by atoms with van der Waals surface area (Å²) in [5.74, 6) is 0.682. The number of nitrogens with zero attached hydrogens (tertiary/aromatic N) is 1. The molecule has 0 saturated heterocycles. The standard InChI is InChI=1S/C21H25N3O2/c1-26-19-10-7-17(8-11-19)24-18-9-12-20(23-15-18)21(25)22-14-13-16-5-3-2-4-6-16/h5,7-12,15,24H,2-4,6,13-14H2,1H3,(H,22,25). The summed E-state index contributed by atoms with van der Waals surface area (Å²) in [6.07, 6.45) is 9.81. The number of aromatic nitrogens is 1. The fourth-order valence-corrected chi connectivity index (χ4v) is 3.00. The molecule has 0 radical (unpaired) electrons. The Balaban J connectivity index is 1.49. The highest BCUT2D eigenvalue weighted by Gasteiger charge is 2.08. The average Bonchev–Trinajstić information content (AvgIpc) is 2.70. The van der Waals surface area contributed by atoms with Crippen molar-refractivity contribution >= 4 is 17.3 Å². The van der Waals surface area contributed by atoms with Gasteiger partial charge in [0, 0.05) is 12.2 Å². The highest BCUT2D eigenvalue weighted by Crippen LogP contribution is 2.20. The Morgan fingerprint density at radius 3 is 2.58 bits per heavy atom. The summed E-state index contributed by atoms with van der Waals surface area (Å²) in [5.41, 5.74) is 3.66. The van der Waals surface area contributed by atoms with Gasteiger partial charge in [-0.25, -0.2) is 4.98 Å². The van der Waals surface area contributed by atoms with Crippen LogP contribution in [-0.2, 0) is 0 Å². The number of pyridine rings is 1. The van der Waals surface area contributed by atoms with Gasteiger partial charge in [-0.1, -0.05) is 11.6 Å². The Morgan fingerprint density at radius 2 is 1.92 bits per heavy atom. The normalized spacial score (nSPS) is 13.7. The number of hydrogen-bond donors (Lipinski definition) is 2. The second kappa shape index (κ2) is 9.04. The van der Waals surface area contributed by atoms with Crippen molar-refractivity contribution in [3.05, 3.63) is 59.9 Å². The molecule has 0 bridgehead atoms. The van der Waals surface area contributed by atoms with Crippen molar-refractivity contribution < 1.29 is 9.53 Å². The van der Waals surface area contributed by atoms with Crippen molar-refractivity contribution in [3.63, 3.8) is 0 Å². The third-order valence-corrected chi connectivity index (χ3v) is 4.49. The van der Waals surface area contributed by atoms with Crippen LogP contribution in [0.1, 0.15) is 42.6 Å². The van der Waals surface area contributed by atoms with Crippen LogP contribution in [0.2, 0.25) is 0 Å². The number of methoxy groups -OCH3 is 1. The highest BCUT2D eigenvalue weighted by molar-refractivity contribution is 5.92. The molecule has 0 unspecified atom stereocenters. The van der Waals surface area contributed by atoms with Crippen LogP contribution in [0.3, 0.4) is 0 Å². The van der Waals surface area contributed by atoms with Crippen molar-refractivity contribution in [3.8, 4) is 5.75 Å². The first-order valence-corrected chi connectivity index (χ1v) is 9.08. The Bertz CT molecular complexity index is 752. The van der Waals surface area contributed by atoms with Crippen LogP contribution in [0.15, 0.2) is 54.2 Å². The molecule has 0 spiro atoms. The molecule has 1 aliphatic rings. The molecule has 5 nitrogen and oxygen atoms in total. The van der Waals surface area contributed by atoms with Crippen LogP contribution in [0.4, 0.5) is 11.4 Å². The number of rotatable bonds is 7. The van der Waals surface area contributed by atoms with E-state index in [-0.39, 0.29) is 5.91 Å². The number of nitrogens with one attached hydrogen (secondary N) is 2. The molecule has 1 aliphatic carbocycles. The summed E-state index contributed by atoms with van der Waals surface area (Å²) in [4.78, 5) is 16.5. The van der Waals surface area contributed by atoms with Crippen LogP contribution in [0, 0.1) is 0 Å². The lowest BCUT2D eigenvalue weighted by molar-refractivity contribution is 0.0949. The Hall–Kier alpha value is -2.82. The van der Waals surface area contributed by atoms with E-state index < -0.39 is 0 Å². The van der Waals surface area contributed by atoms with Crippen molar-refractivity contribution in [2.24, 2.45) is 0 Å². The lowest BCUT2D eigenvalue weighted by Crippen LogP contribution is -2.25. The highest BCUT2D eigenvalue weighted by atomic mass is 16.5. The maximum Gasteiger partial charge on any atom is 0.269 e. The molecule has 26 heavy (non-hydrogen) atoms. The maximum atomic E-state index is 12.2. The summed E-state index contributed by atoms with van der Waals surface area (Å²) in [6, 6.07) is 11.2. The molecular formula is C21H25N3O2. The number of carbonyl (C=O) groups excluding carboxylic acids is 1. The molecule has 1 heterocycles. The molecular weight excluding hydrogens is 326 g/mol. The summed E-state index contributed by atoms with van der Waals surface area (Å²) in [6.45, 7) is 0.665. The van der Waals surface area contributed by atoms with Gasteiger partial charge < -0.3 is 15.4 Å². The minimum absolute atomic E-state index is 0.127. The molecule has 0 saturated carbocycles. The van der Waals surface area contributed by atoms with Crippen LogP contribution in [-0.4, -0.2) is 24.5 Å². The fraction of sp³-hybridized carbons (Fsp3) is 0.333. The number of allylic oxidation sites excluding steroid dienone is 1. The SMILES string of the molecule is COc1ccc(Nc2ccc(C(=O)NCCC3=CCCCC3)nc2)cc1. The van der Waals surface area contributed by atoms with Gasteiger partial charge in [-0.2, -0.15) is 0 Å². The number of benzene rings is 1. The zero-order valence-electron chi connectivity index (χ0n) is 15.1. The summed E-state index contributed by atoms with van der Waals surface area (Å²) in [7, 11) is 1.64. The number of anilines is 2. The van der Waals surface area contributed by atoms with E-state index in [4.69, 9.17) is 4.74 Å². The van der Waals surface area contributed by atoms with Gasteiger partial charge in [-0.05, 0) is 68.5 Å². The van der Waals surface area contributed by atoms with Gasteiger partial charge in [0.25, 0.3) is 5.91 Å². The Morgan fingerprint density at radius 1 is 1.12 bits per heavy atom. The van der Waals surface area contributed by atoms with E-state index in [0.717, 1.165) is 23.5 Å². The van der Waals surface area contributed by atoms with Crippen LogP contribution < -0.4 is 15.4 Å². The number of hydrogen-bond acceptors (Lipinski definition) is 4. The molecule has 2 N–H and O–H groups in total. The molecule has 5 heteroatoms. The van der Waals surface area contributed by atoms with Gasteiger partial charge in [0.1, 0.15) is 11.4 Å². The second-order valence-electron chi connectivity index (χ2n) is 6.40. The summed E-state index contributed by atoms with van der Waals surface area (Å²) in [5, 5.41) is 6.20. The van der Waals surface area contributed by atoms with Gasteiger partial charge in [-0.3, -0.25) is 4.79 Å². The monoisotopic (exact) mass is 351 g/mol. The van der Waals surface area contributed by atoms with E-state index in [2.05, 4.69) is 21.7 Å². The van der Waals surface area contributed by atoms with E-state index in [1.165, 1.54) is 31.3 Å².